The Labute approximate surface area is 110 Å². The number of aromatic nitrogens is 5. The Bertz CT molecular complexity index is 655. The topological polar surface area (TPSA) is 71.4 Å². The summed E-state index contributed by atoms with van der Waals surface area (Å²) in [7, 11) is 2.02. The second-order valence-corrected chi connectivity index (χ2v) is 4.45. The number of nitrogens with zero attached hydrogens (tertiary/aromatic N) is 4. The van der Waals surface area contributed by atoms with Gasteiger partial charge in [0.1, 0.15) is 12.2 Å². The first-order valence-electron chi connectivity index (χ1n) is 6.34. The van der Waals surface area contributed by atoms with Crippen LogP contribution in [-0.2, 0) is 13.5 Å². The molecule has 2 N–H and O–H groups in total. The largest absolute Gasteiger partial charge is 0.356 e. The van der Waals surface area contributed by atoms with Crippen molar-refractivity contribution in [3.05, 3.63) is 36.4 Å². The van der Waals surface area contributed by atoms with Crippen LogP contribution < -0.4 is 5.32 Å². The highest BCUT2D eigenvalue weighted by atomic mass is 15.2. The van der Waals surface area contributed by atoms with Gasteiger partial charge in [0.05, 0.1) is 11.0 Å². The molecular formula is C13H16N6. The lowest BCUT2D eigenvalue weighted by Crippen LogP contribution is -2.08. The molecule has 0 aliphatic heterocycles. The van der Waals surface area contributed by atoms with Crippen LogP contribution in [0.1, 0.15) is 12.2 Å². The Kier molecular flexibility index (Phi) is 3.14. The Morgan fingerprint density at radius 2 is 2.21 bits per heavy atom. The smallest absolute Gasteiger partial charge is 0.203 e. The standard InChI is InChI=1S/C13H16N6/c1-19-11-6-3-2-5-10(11)17-13(19)14-8-4-7-12-15-9-16-18-12/h2-3,5-6,9H,4,7-8H2,1H3,(H,14,17)(H,15,16,18). The van der Waals surface area contributed by atoms with Gasteiger partial charge in [0.2, 0.25) is 5.95 Å². The molecule has 6 heteroatoms. The highest BCUT2D eigenvalue weighted by Gasteiger charge is 2.05. The van der Waals surface area contributed by atoms with Crippen LogP contribution in [0.5, 0.6) is 0 Å². The van der Waals surface area contributed by atoms with Crippen LogP contribution in [0.15, 0.2) is 30.6 Å². The molecule has 0 aliphatic carbocycles. The first-order valence-corrected chi connectivity index (χ1v) is 6.34. The van der Waals surface area contributed by atoms with Crippen LogP contribution in [0.4, 0.5) is 5.95 Å². The SMILES string of the molecule is Cn1c(NCCCc2ncn[nH]2)nc2ccccc21. The number of imidazole rings is 1. The molecule has 0 bridgehead atoms. The molecule has 0 atom stereocenters. The van der Waals surface area contributed by atoms with E-state index in [-0.39, 0.29) is 0 Å². The minimum atomic E-state index is 0.859. The first-order chi connectivity index (χ1) is 9.34. The van der Waals surface area contributed by atoms with E-state index in [4.69, 9.17) is 0 Å². The molecule has 3 rings (SSSR count). The number of H-pyrrole nitrogens is 1. The predicted octanol–water partition coefficient (Wildman–Crippen LogP) is 1.74. The van der Waals surface area contributed by atoms with E-state index in [1.54, 1.807) is 0 Å². The number of aryl methyl sites for hydroxylation is 2. The van der Waals surface area contributed by atoms with E-state index in [2.05, 4.69) is 36.1 Å². The third kappa shape index (κ3) is 2.42. The molecule has 0 radical (unpaired) electrons. The number of benzene rings is 1. The van der Waals surface area contributed by atoms with Crippen molar-refractivity contribution in [2.75, 3.05) is 11.9 Å². The molecule has 0 fully saturated rings. The third-order valence-electron chi connectivity index (χ3n) is 3.13. The predicted molar refractivity (Wildman–Crippen MR) is 73.9 cm³/mol. The quantitative estimate of drug-likeness (QED) is 0.682. The molecule has 6 nitrogen and oxygen atoms in total. The van der Waals surface area contributed by atoms with Gasteiger partial charge in [-0.25, -0.2) is 9.97 Å². The number of para-hydroxylation sites is 2. The molecule has 0 saturated carbocycles. The average molecular weight is 256 g/mol. The van der Waals surface area contributed by atoms with Crippen LogP contribution in [0.2, 0.25) is 0 Å². The van der Waals surface area contributed by atoms with Gasteiger partial charge in [0.15, 0.2) is 0 Å². The normalized spacial score (nSPS) is 11.0. The second kappa shape index (κ2) is 5.09. The van der Waals surface area contributed by atoms with Crippen LogP contribution in [0, 0.1) is 0 Å². The minimum absolute atomic E-state index is 0.859. The molecule has 0 spiro atoms. The van der Waals surface area contributed by atoms with Gasteiger partial charge in [0.25, 0.3) is 0 Å². The van der Waals surface area contributed by atoms with Crippen molar-refractivity contribution in [2.24, 2.45) is 7.05 Å². The molecule has 2 aromatic heterocycles. The fourth-order valence-corrected chi connectivity index (χ4v) is 2.11. The Morgan fingerprint density at radius 1 is 1.32 bits per heavy atom. The molecule has 2 heterocycles. The summed E-state index contributed by atoms with van der Waals surface area (Å²) in [6.07, 6.45) is 3.41. The highest BCUT2D eigenvalue weighted by Crippen LogP contribution is 2.17. The van der Waals surface area contributed by atoms with Crippen molar-refractivity contribution < 1.29 is 0 Å². The lowest BCUT2D eigenvalue weighted by atomic mass is 10.3. The van der Waals surface area contributed by atoms with Gasteiger partial charge >= 0.3 is 0 Å². The van der Waals surface area contributed by atoms with Crippen molar-refractivity contribution in [3.8, 4) is 0 Å². The second-order valence-electron chi connectivity index (χ2n) is 4.45. The average Bonchev–Trinajstić information content (AvgIpc) is 3.04. The van der Waals surface area contributed by atoms with Crippen LogP contribution in [0.25, 0.3) is 11.0 Å². The van der Waals surface area contributed by atoms with Gasteiger partial charge in [-0.3, -0.25) is 5.10 Å². The number of aromatic amines is 1. The van der Waals surface area contributed by atoms with Crippen LogP contribution >= 0.6 is 0 Å². The molecule has 19 heavy (non-hydrogen) atoms. The van der Waals surface area contributed by atoms with Gasteiger partial charge in [-0.1, -0.05) is 12.1 Å². The summed E-state index contributed by atoms with van der Waals surface area (Å²) in [4.78, 5) is 8.66. The minimum Gasteiger partial charge on any atom is -0.356 e. The number of hydrogen-bond donors (Lipinski definition) is 2. The maximum atomic E-state index is 4.56. The molecule has 0 amide bonds. The van der Waals surface area contributed by atoms with E-state index in [1.165, 1.54) is 6.33 Å². The Balaban J connectivity index is 1.61. The van der Waals surface area contributed by atoms with Crippen molar-refractivity contribution in [3.63, 3.8) is 0 Å². The summed E-state index contributed by atoms with van der Waals surface area (Å²) in [5, 5.41) is 10.0. The molecule has 0 saturated heterocycles. The van der Waals surface area contributed by atoms with Gasteiger partial charge < -0.3 is 9.88 Å². The summed E-state index contributed by atoms with van der Waals surface area (Å²) in [5.41, 5.74) is 2.16. The summed E-state index contributed by atoms with van der Waals surface area (Å²) in [6, 6.07) is 8.12. The molecule has 3 aromatic rings. The van der Waals surface area contributed by atoms with E-state index >= 15 is 0 Å². The number of hydrogen-bond acceptors (Lipinski definition) is 4. The number of anilines is 1. The number of rotatable bonds is 5. The Hall–Kier alpha value is -2.37. The van der Waals surface area contributed by atoms with Gasteiger partial charge in [-0.15, -0.1) is 0 Å². The zero-order valence-electron chi connectivity index (χ0n) is 10.8. The van der Waals surface area contributed by atoms with Crippen molar-refractivity contribution in [1.82, 2.24) is 24.7 Å². The summed E-state index contributed by atoms with van der Waals surface area (Å²) >= 11 is 0. The van der Waals surface area contributed by atoms with Crippen molar-refractivity contribution in [1.29, 1.82) is 0 Å². The summed E-state index contributed by atoms with van der Waals surface area (Å²) in [5.74, 6) is 1.82. The number of nitrogens with one attached hydrogen (secondary N) is 2. The van der Waals surface area contributed by atoms with E-state index in [1.807, 2.05) is 25.2 Å². The Morgan fingerprint density at radius 3 is 3.00 bits per heavy atom. The molecule has 0 unspecified atom stereocenters. The van der Waals surface area contributed by atoms with E-state index in [9.17, 15) is 0 Å². The number of fused-ring (bicyclic) bond motifs is 1. The fraction of sp³-hybridized carbons (Fsp3) is 0.308. The van der Waals surface area contributed by atoms with Crippen LogP contribution in [-0.4, -0.2) is 31.3 Å². The summed E-state index contributed by atoms with van der Waals surface area (Å²) < 4.78 is 2.07. The maximum Gasteiger partial charge on any atom is 0.203 e. The van der Waals surface area contributed by atoms with E-state index < -0.39 is 0 Å². The molecule has 98 valence electrons. The summed E-state index contributed by atoms with van der Waals surface area (Å²) in [6.45, 7) is 0.859. The van der Waals surface area contributed by atoms with Gasteiger partial charge in [0, 0.05) is 20.0 Å². The van der Waals surface area contributed by atoms with Crippen molar-refractivity contribution >= 4 is 17.0 Å². The lowest BCUT2D eigenvalue weighted by Gasteiger charge is -2.05. The zero-order chi connectivity index (χ0) is 13.1. The molecule has 1 aromatic carbocycles. The first kappa shape index (κ1) is 11.7. The van der Waals surface area contributed by atoms with E-state index in [0.29, 0.717) is 0 Å². The zero-order valence-corrected chi connectivity index (χ0v) is 10.8. The highest BCUT2D eigenvalue weighted by molar-refractivity contribution is 5.78. The molecule has 0 aliphatic rings. The maximum absolute atomic E-state index is 4.56. The third-order valence-corrected chi connectivity index (χ3v) is 3.13. The fourth-order valence-electron chi connectivity index (χ4n) is 2.11. The van der Waals surface area contributed by atoms with Crippen molar-refractivity contribution in [2.45, 2.75) is 12.8 Å². The molecular weight excluding hydrogens is 240 g/mol. The lowest BCUT2D eigenvalue weighted by molar-refractivity contribution is 0.794. The van der Waals surface area contributed by atoms with E-state index in [0.717, 1.165) is 42.2 Å². The van der Waals surface area contributed by atoms with Gasteiger partial charge in [-0.2, -0.15) is 5.10 Å². The monoisotopic (exact) mass is 256 g/mol. The van der Waals surface area contributed by atoms with Crippen LogP contribution in [0.3, 0.4) is 0 Å². The van der Waals surface area contributed by atoms with Gasteiger partial charge in [-0.05, 0) is 18.6 Å².